The van der Waals surface area contributed by atoms with Crippen molar-refractivity contribution in [1.82, 2.24) is 9.62 Å². The molecule has 8 heteroatoms. The Hall–Kier alpha value is -2.16. The number of carbonyl (C=O) groups is 1. The minimum absolute atomic E-state index is 0.0827. The van der Waals surface area contributed by atoms with Gasteiger partial charge in [-0.2, -0.15) is 4.31 Å². The quantitative estimate of drug-likeness (QED) is 0.700. The van der Waals surface area contributed by atoms with E-state index in [9.17, 15) is 18.3 Å². The van der Waals surface area contributed by atoms with Crippen molar-refractivity contribution in [3.05, 3.63) is 54.0 Å². The minimum atomic E-state index is -3.43. The van der Waals surface area contributed by atoms with Crippen LogP contribution in [0.1, 0.15) is 43.1 Å². The molecule has 152 valence electrons. The van der Waals surface area contributed by atoms with Crippen molar-refractivity contribution in [3.63, 3.8) is 0 Å². The van der Waals surface area contributed by atoms with Gasteiger partial charge in [-0.1, -0.05) is 18.6 Å². The third-order valence-electron chi connectivity index (χ3n) is 4.88. The van der Waals surface area contributed by atoms with Crippen LogP contribution < -0.4 is 5.32 Å². The molecule has 1 atom stereocenters. The number of sulfonamides is 1. The first-order chi connectivity index (χ1) is 13.5. The molecule has 0 spiro atoms. The molecular formula is C20H26N2O5S. The van der Waals surface area contributed by atoms with Crippen molar-refractivity contribution in [2.24, 2.45) is 0 Å². The van der Waals surface area contributed by atoms with Crippen molar-refractivity contribution in [2.45, 2.75) is 43.1 Å². The summed E-state index contributed by atoms with van der Waals surface area (Å²) in [7, 11) is -3.43. The summed E-state index contributed by atoms with van der Waals surface area (Å²) < 4.78 is 31.9. The van der Waals surface area contributed by atoms with Crippen LogP contribution in [-0.4, -0.2) is 43.4 Å². The molecule has 2 N–H and O–H groups in total. The van der Waals surface area contributed by atoms with Crippen LogP contribution in [0.3, 0.4) is 0 Å². The Morgan fingerprint density at radius 3 is 2.50 bits per heavy atom. The minimum Gasteiger partial charge on any atom is -0.467 e. The second-order valence-corrected chi connectivity index (χ2v) is 8.88. The Morgan fingerprint density at radius 1 is 1.14 bits per heavy atom. The lowest BCUT2D eigenvalue weighted by Crippen LogP contribution is -2.35. The molecule has 1 aromatic carbocycles. The first-order valence-electron chi connectivity index (χ1n) is 9.54. The van der Waals surface area contributed by atoms with E-state index in [-0.39, 0.29) is 18.9 Å². The normalized spacial score (nSPS) is 16.6. The van der Waals surface area contributed by atoms with Gasteiger partial charge in [0, 0.05) is 19.5 Å². The zero-order chi connectivity index (χ0) is 20.0. The first-order valence-corrected chi connectivity index (χ1v) is 11.0. The number of benzene rings is 1. The Balaban J connectivity index is 1.48. The van der Waals surface area contributed by atoms with E-state index in [2.05, 4.69) is 5.32 Å². The number of aliphatic hydroxyl groups excluding tert-OH is 1. The molecule has 0 radical (unpaired) electrons. The molecule has 0 saturated carbocycles. The largest absolute Gasteiger partial charge is 0.467 e. The van der Waals surface area contributed by atoms with E-state index >= 15 is 0 Å². The Labute approximate surface area is 165 Å². The fourth-order valence-electron chi connectivity index (χ4n) is 3.22. The lowest BCUT2D eigenvalue weighted by atomic mass is 10.1. The summed E-state index contributed by atoms with van der Waals surface area (Å²) in [5.74, 6) is 0.224. The fourth-order valence-corrected chi connectivity index (χ4v) is 4.74. The molecule has 1 aromatic heterocycles. The summed E-state index contributed by atoms with van der Waals surface area (Å²) in [6.07, 6.45) is 4.22. The number of piperidine rings is 1. The predicted molar refractivity (Wildman–Crippen MR) is 104 cm³/mol. The maximum atomic E-state index is 12.6. The molecule has 7 nitrogen and oxygen atoms in total. The average Bonchev–Trinajstić information content (AvgIpc) is 3.26. The van der Waals surface area contributed by atoms with Crippen LogP contribution in [0.4, 0.5) is 0 Å². The average molecular weight is 407 g/mol. The third-order valence-corrected chi connectivity index (χ3v) is 6.79. The number of furan rings is 1. The second kappa shape index (κ2) is 9.36. The summed E-state index contributed by atoms with van der Waals surface area (Å²) >= 11 is 0. The molecule has 1 amide bonds. The first kappa shape index (κ1) is 20.6. The van der Waals surface area contributed by atoms with Gasteiger partial charge in [0.25, 0.3) is 0 Å². The van der Waals surface area contributed by atoms with Crippen LogP contribution in [0.2, 0.25) is 0 Å². The molecule has 1 saturated heterocycles. The molecule has 28 heavy (non-hydrogen) atoms. The number of aryl methyl sites for hydroxylation is 1. The zero-order valence-corrected chi connectivity index (χ0v) is 16.5. The van der Waals surface area contributed by atoms with E-state index in [1.165, 1.54) is 6.26 Å². The lowest BCUT2D eigenvalue weighted by Gasteiger charge is -2.25. The Bertz CT molecular complexity index is 857. The predicted octanol–water partition coefficient (Wildman–Crippen LogP) is 2.24. The molecule has 3 rings (SSSR count). The highest BCUT2D eigenvalue weighted by atomic mass is 32.2. The molecule has 1 unspecified atom stereocenters. The van der Waals surface area contributed by atoms with Crippen LogP contribution in [0.15, 0.2) is 52.0 Å². The number of rotatable bonds is 8. The van der Waals surface area contributed by atoms with Crippen LogP contribution >= 0.6 is 0 Å². The standard InChI is InChI=1S/C20H26N2O5S/c23-18(19-5-4-14-27-19)15-21-20(24)11-8-16-6-9-17(10-7-16)28(25,26)22-12-2-1-3-13-22/h4-7,9-10,14,18,23H,1-3,8,11-13,15H2,(H,21,24). The number of carbonyl (C=O) groups excluding carboxylic acids is 1. The highest BCUT2D eigenvalue weighted by Gasteiger charge is 2.25. The number of hydrogen-bond donors (Lipinski definition) is 2. The SMILES string of the molecule is O=C(CCc1ccc(S(=O)(=O)N2CCCCC2)cc1)NCC(O)c1ccco1. The van der Waals surface area contributed by atoms with Gasteiger partial charge in [0.15, 0.2) is 0 Å². The van der Waals surface area contributed by atoms with Crippen molar-refractivity contribution in [1.29, 1.82) is 0 Å². The van der Waals surface area contributed by atoms with Crippen LogP contribution in [-0.2, 0) is 21.2 Å². The van der Waals surface area contributed by atoms with Gasteiger partial charge in [-0.25, -0.2) is 8.42 Å². The Morgan fingerprint density at radius 2 is 1.86 bits per heavy atom. The summed E-state index contributed by atoms with van der Waals surface area (Å²) in [5.41, 5.74) is 0.888. The van der Waals surface area contributed by atoms with Gasteiger partial charge in [0.1, 0.15) is 11.9 Å². The van der Waals surface area contributed by atoms with E-state index in [0.717, 1.165) is 24.8 Å². The zero-order valence-electron chi connectivity index (χ0n) is 15.7. The van der Waals surface area contributed by atoms with Crippen LogP contribution in [0, 0.1) is 0 Å². The van der Waals surface area contributed by atoms with Crippen LogP contribution in [0.5, 0.6) is 0 Å². The smallest absolute Gasteiger partial charge is 0.243 e. The number of hydrogen-bond acceptors (Lipinski definition) is 5. The molecular weight excluding hydrogens is 380 g/mol. The summed E-state index contributed by atoms with van der Waals surface area (Å²) in [4.78, 5) is 12.3. The van der Waals surface area contributed by atoms with Gasteiger partial charge in [-0.3, -0.25) is 4.79 Å². The number of nitrogens with zero attached hydrogens (tertiary/aromatic N) is 1. The Kier molecular flexibility index (Phi) is 6.88. The number of nitrogens with one attached hydrogen (secondary N) is 1. The number of amides is 1. The molecule has 1 aliphatic heterocycles. The van der Waals surface area contributed by atoms with Gasteiger partial charge in [-0.05, 0) is 49.1 Å². The lowest BCUT2D eigenvalue weighted by molar-refractivity contribution is -0.121. The molecule has 1 fully saturated rings. The van der Waals surface area contributed by atoms with Gasteiger partial charge < -0.3 is 14.8 Å². The van der Waals surface area contributed by atoms with Gasteiger partial charge in [-0.15, -0.1) is 0 Å². The van der Waals surface area contributed by atoms with E-state index in [1.807, 2.05) is 0 Å². The highest BCUT2D eigenvalue weighted by Crippen LogP contribution is 2.21. The monoisotopic (exact) mass is 406 g/mol. The van der Waals surface area contributed by atoms with E-state index < -0.39 is 16.1 Å². The van der Waals surface area contributed by atoms with Crippen molar-refractivity contribution < 1.29 is 22.7 Å². The summed E-state index contributed by atoms with van der Waals surface area (Å²) in [6, 6.07) is 10.0. The van der Waals surface area contributed by atoms with Crippen molar-refractivity contribution >= 4 is 15.9 Å². The molecule has 2 heterocycles. The molecule has 0 aliphatic carbocycles. The van der Waals surface area contributed by atoms with Crippen LogP contribution in [0.25, 0.3) is 0 Å². The fraction of sp³-hybridized carbons (Fsp3) is 0.450. The highest BCUT2D eigenvalue weighted by molar-refractivity contribution is 7.89. The summed E-state index contributed by atoms with van der Waals surface area (Å²) in [6.45, 7) is 1.24. The second-order valence-electron chi connectivity index (χ2n) is 6.94. The van der Waals surface area contributed by atoms with Gasteiger partial charge in [0.2, 0.25) is 15.9 Å². The third kappa shape index (κ3) is 5.21. The van der Waals surface area contributed by atoms with E-state index in [4.69, 9.17) is 4.42 Å². The topological polar surface area (TPSA) is 99.9 Å². The van der Waals surface area contributed by atoms with Crippen molar-refractivity contribution in [2.75, 3.05) is 19.6 Å². The maximum absolute atomic E-state index is 12.6. The molecule has 1 aliphatic rings. The molecule has 0 bridgehead atoms. The van der Waals surface area contributed by atoms with Crippen molar-refractivity contribution in [3.8, 4) is 0 Å². The van der Waals surface area contributed by atoms with Gasteiger partial charge in [0.05, 0.1) is 17.7 Å². The maximum Gasteiger partial charge on any atom is 0.243 e. The summed E-state index contributed by atoms with van der Waals surface area (Å²) in [5, 5.41) is 12.6. The molecule has 2 aromatic rings. The van der Waals surface area contributed by atoms with Gasteiger partial charge >= 0.3 is 0 Å². The van der Waals surface area contributed by atoms with E-state index in [1.54, 1.807) is 40.7 Å². The number of aliphatic hydroxyl groups is 1. The van der Waals surface area contributed by atoms with E-state index in [0.29, 0.717) is 30.2 Å².